The summed E-state index contributed by atoms with van der Waals surface area (Å²) in [4.78, 5) is 17.2. The zero-order valence-electron chi connectivity index (χ0n) is 11.6. The average Bonchev–Trinajstić information content (AvgIpc) is 2.24. The number of hydrogen-bond acceptors (Lipinski definition) is 3. The van der Waals surface area contributed by atoms with Gasteiger partial charge < -0.3 is 5.11 Å². The Balaban J connectivity index is 2.79. The van der Waals surface area contributed by atoms with Crippen molar-refractivity contribution in [2.75, 3.05) is 6.54 Å². The lowest BCUT2D eigenvalue weighted by Gasteiger charge is -2.35. The van der Waals surface area contributed by atoms with E-state index in [0.29, 0.717) is 13.1 Å². The topological polar surface area (TPSA) is 53.4 Å². The standard InChI is InChI=1S/C14H22N2O2/c1-11-6-5-8-15-12(11)10-16(14(2,3)4)9-7-13(17)18/h5-6,8H,7,9-10H2,1-4H3,(H,17,18). The van der Waals surface area contributed by atoms with Crippen LogP contribution in [0.2, 0.25) is 0 Å². The van der Waals surface area contributed by atoms with Crippen LogP contribution in [0.1, 0.15) is 38.4 Å². The number of aromatic nitrogens is 1. The summed E-state index contributed by atoms with van der Waals surface area (Å²) in [6.07, 6.45) is 1.93. The van der Waals surface area contributed by atoms with E-state index >= 15 is 0 Å². The Hall–Kier alpha value is -1.42. The van der Waals surface area contributed by atoms with Gasteiger partial charge >= 0.3 is 5.97 Å². The molecule has 0 fully saturated rings. The van der Waals surface area contributed by atoms with E-state index in [-0.39, 0.29) is 12.0 Å². The van der Waals surface area contributed by atoms with Crippen LogP contribution in [0.15, 0.2) is 18.3 Å². The van der Waals surface area contributed by atoms with Crippen molar-refractivity contribution in [3.8, 4) is 0 Å². The minimum atomic E-state index is -0.762. The highest BCUT2D eigenvalue weighted by molar-refractivity contribution is 5.66. The highest BCUT2D eigenvalue weighted by Gasteiger charge is 2.22. The van der Waals surface area contributed by atoms with E-state index in [1.165, 1.54) is 0 Å². The maximum absolute atomic E-state index is 10.7. The average molecular weight is 250 g/mol. The second-order valence-corrected chi connectivity index (χ2v) is 5.50. The summed E-state index contributed by atoms with van der Waals surface area (Å²) in [5, 5.41) is 8.81. The van der Waals surface area contributed by atoms with Gasteiger partial charge in [0.1, 0.15) is 0 Å². The monoisotopic (exact) mass is 250 g/mol. The molecule has 0 saturated carbocycles. The van der Waals surface area contributed by atoms with Gasteiger partial charge in [0.15, 0.2) is 0 Å². The van der Waals surface area contributed by atoms with Crippen LogP contribution >= 0.6 is 0 Å². The fourth-order valence-corrected chi connectivity index (χ4v) is 1.75. The summed E-state index contributed by atoms with van der Waals surface area (Å²) in [5.41, 5.74) is 2.08. The number of carboxylic acids is 1. The van der Waals surface area contributed by atoms with Crippen LogP contribution in [0.4, 0.5) is 0 Å². The first kappa shape index (κ1) is 14.6. The third-order valence-corrected chi connectivity index (χ3v) is 3.00. The molecule has 0 aromatic carbocycles. The SMILES string of the molecule is Cc1cccnc1CN(CCC(=O)O)C(C)(C)C. The molecule has 1 heterocycles. The number of pyridine rings is 1. The highest BCUT2D eigenvalue weighted by atomic mass is 16.4. The van der Waals surface area contributed by atoms with E-state index in [1.807, 2.05) is 19.1 Å². The molecule has 0 unspecified atom stereocenters. The molecule has 0 saturated heterocycles. The quantitative estimate of drug-likeness (QED) is 0.872. The van der Waals surface area contributed by atoms with Gasteiger partial charge in [-0.2, -0.15) is 0 Å². The zero-order valence-corrected chi connectivity index (χ0v) is 11.6. The van der Waals surface area contributed by atoms with Crippen molar-refractivity contribution in [3.05, 3.63) is 29.6 Å². The van der Waals surface area contributed by atoms with Crippen LogP contribution in [0, 0.1) is 6.92 Å². The Morgan fingerprint density at radius 2 is 2.11 bits per heavy atom. The van der Waals surface area contributed by atoms with Crippen molar-refractivity contribution in [1.29, 1.82) is 0 Å². The normalized spacial score (nSPS) is 11.8. The number of aliphatic carboxylic acids is 1. The van der Waals surface area contributed by atoms with Crippen molar-refractivity contribution < 1.29 is 9.90 Å². The molecule has 0 amide bonds. The van der Waals surface area contributed by atoms with E-state index in [9.17, 15) is 4.79 Å². The van der Waals surface area contributed by atoms with Gasteiger partial charge in [-0.15, -0.1) is 0 Å². The van der Waals surface area contributed by atoms with Crippen LogP contribution in [0.3, 0.4) is 0 Å². The molecule has 0 spiro atoms. The van der Waals surface area contributed by atoms with Gasteiger partial charge in [-0.05, 0) is 39.3 Å². The fourth-order valence-electron chi connectivity index (χ4n) is 1.75. The molecule has 0 bridgehead atoms. The number of carbonyl (C=O) groups is 1. The number of rotatable bonds is 5. The van der Waals surface area contributed by atoms with Crippen LogP contribution in [0.25, 0.3) is 0 Å². The lowest BCUT2D eigenvalue weighted by atomic mass is 10.0. The second kappa shape index (κ2) is 5.96. The molecule has 0 aliphatic heterocycles. The molecule has 1 rings (SSSR count). The predicted octanol–water partition coefficient (Wildman–Crippen LogP) is 2.47. The van der Waals surface area contributed by atoms with E-state index in [2.05, 4.69) is 30.7 Å². The first-order chi connectivity index (χ1) is 8.30. The van der Waals surface area contributed by atoms with Crippen LogP contribution in [-0.2, 0) is 11.3 Å². The summed E-state index contributed by atoms with van der Waals surface area (Å²) in [6.45, 7) is 9.52. The molecular formula is C14H22N2O2. The Kier molecular flexibility index (Phi) is 4.84. The molecule has 0 radical (unpaired) electrons. The van der Waals surface area contributed by atoms with E-state index in [4.69, 9.17) is 5.11 Å². The Morgan fingerprint density at radius 1 is 1.44 bits per heavy atom. The zero-order chi connectivity index (χ0) is 13.8. The van der Waals surface area contributed by atoms with Crippen molar-refractivity contribution >= 4 is 5.97 Å². The lowest BCUT2D eigenvalue weighted by molar-refractivity contribution is -0.137. The van der Waals surface area contributed by atoms with Crippen LogP contribution in [-0.4, -0.2) is 33.0 Å². The van der Waals surface area contributed by atoms with Crippen molar-refractivity contribution in [2.45, 2.75) is 46.2 Å². The number of carboxylic acid groups (broad SMARTS) is 1. The predicted molar refractivity (Wildman–Crippen MR) is 71.4 cm³/mol. The van der Waals surface area contributed by atoms with Crippen molar-refractivity contribution in [3.63, 3.8) is 0 Å². The summed E-state index contributed by atoms with van der Waals surface area (Å²) >= 11 is 0. The Morgan fingerprint density at radius 3 is 2.61 bits per heavy atom. The van der Waals surface area contributed by atoms with Gasteiger partial charge in [0, 0.05) is 24.8 Å². The molecule has 4 nitrogen and oxygen atoms in total. The van der Waals surface area contributed by atoms with Crippen LogP contribution < -0.4 is 0 Å². The molecule has 1 aromatic heterocycles. The van der Waals surface area contributed by atoms with Gasteiger partial charge in [-0.25, -0.2) is 0 Å². The number of hydrogen-bond donors (Lipinski definition) is 1. The first-order valence-corrected chi connectivity index (χ1v) is 6.18. The summed E-state index contributed by atoms with van der Waals surface area (Å²) in [6, 6.07) is 3.94. The van der Waals surface area contributed by atoms with E-state index in [1.54, 1.807) is 6.20 Å². The maximum atomic E-state index is 10.7. The lowest BCUT2D eigenvalue weighted by Crippen LogP contribution is -2.42. The minimum absolute atomic E-state index is 0.0700. The smallest absolute Gasteiger partial charge is 0.304 e. The third-order valence-electron chi connectivity index (χ3n) is 3.00. The molecule has 0 aliphatic carbocycles. The largest absolute Gasteiger partial charge is 0.481 e. The van der Waals surface area contributed by atoms with Gasteiger partial charge in [-0.1, -0.05) is 6.07 Å². The molecule has 100 valence electrons. The first-order valence-electron chi connectivity index (χ1n) is 6.18. The van der Waals surface area contributed by atoms with E-state index < -0.39 is 5.97 Å². The molecule has 0 aliphatic rings. The van der Waals surface area contributed by atoms with Gasteiger partial charge in [0.25, 0.3) is 0 Å². The Bertz CT molecular complexity index is 411. The molecule has 1 aromatic rings. The summed E-state index contributed by atoms with van der Waals surface area (Å²) < 4.78 is 0. The maximum Gasteiger partial charge on any atom is 0.304 e. The summed E-state index contributed by atoms with van der Waals surface area (Å²) in [5.74, 6) is -0.762. The van der Waals surface area contributed by atoms with Gasteiger partial charge in [-0.3, -0.25) is 14.7 Å². The third kappa shape index (κ3) is 4.45. The fraction of sp³-hybridized carbons (Fsp3) is 0.571. The van der Waals surface area contributed by atoms with Crippen molar-refractivity contribution in [1.82, 2.24) is 9.88 Å². The molecule has 4 heteroatoms. The second-order valence-electron chi connectivity index (χ2n) is 5.50. The van der Waals surface area contributed by atoms with Crippen LogP contribution in [0.5, 0.6) is 0 Å². The minimum Gasteiger partial charge on any atom is -0.481 e. The summed E-state index contributed by atoms with van der Waals surface area (Å²) in [7, 11) is 0. The molecule has 0 atom stereocenters. The number of nitrogens with zero attached hydrogens (tertiary/aromatic N) is 2. The van der Waals surface area contributed by atoms with Gasteiger partial charge in [0.05, 0.1) is 12.1 Å². The van der Waals surface area contributed by atoms with Crippen molar-refractivity contribution in [2.24, 2.45) is 0 Å². The molecule has 1 N–H and O–H groups in total. The number of aryl methyl sites for hydroxylation is 1. The van der Waals surface area contributed by atoms with Gasteiger partial charge in [0.2, 0.25) is 0 Å². The van der Waals surface area contributed by atoms with E-state index in [0.717, 1.165) is 11.3 Å². The Labute approximate surface area is 109 Å². The molecule has 18 heavy (non-hydrogen) atoms. The molecular weight excluding hydrogens is 228 g/mol. The highest BCUT2D eigenvalue weighted by Crippen LogP contribution is 2.18.